The van der Waals surface area contributed by atoms with E-state index in [9.17, 15) is 9.59 Å². The van der Waals surface area contributed by atoms with Crippen molar-refractivity contribution in [2.75, 3.05) is 20.1 Å². The second-order valence-corrected chi connectivity index (χ2v) is 5.27. The molecule has 0 aromatic heterocycles. The van der Waals surface area contributed by atoms with Gasteiger partial charge in [0, 0.05) is 31.8 Å². The third-order valence-electron chi connectivity index (χ3n) is 3.74. The summed E-state index contributed by atoms with van der Waals surface area (Å²) in [5.74, 6) is -0.0292. The van der Waals surface area contributed by atoms with E-state index in [1.165, 1.54) is 12.8 Å². The Morgan fingerprint density at radius 2 is 1.67 bits per heavy atom. The zero-order valence-corrected chi connectivity index (χ0v) is 12.5. The number of hydrogen-bond donors (Lipinski definition) is 1. The molecule has 21 heavy (non-hydrogen) atoms. The van der Waals surface area contributed by atoms with Crippen LogP contribution < -0.4 is 5.32 Å². The molecule has 0 radical (unpaired) electrons. The van der Waals surface area contributed by atoms with Crippen molar-refractivity contribution in [3.05, 3.63) is 41.5 Å². The van der Waals surface area contributed by atoms with Gasteiger partial charge in [-0.15, -0.1) is 0 Å². The smallest absolute Gasteiger partial charge is 0.251 e. The van der Waals surface area contributed by atoms with Gasteiger partial charge in [-0.3, -0.25) is 9.59 Å². The molecule has 2 amide bonds. The summed E-state index contributed by atoms with van der Waals surface area (Å²) in [5, 5.41) is 2.58. The van der Waals surface area contributed by atoms with Gasteiger partial charge < -0.3 is 10.2 Å². The minimum absolute atomic E-state index is 0.0762. The quantitative estimate of drug-likeness (QED) is 0.868. The number of carbonyl (C=O) groups is 2. The van der Waals surface area contributed by atoms with Crippen molar-refractivity contribution >= 4 is 17.9 Å². The lowest BCUT2D eigenvalue weighted by atomic mass is 10.1. The number of likely N-dealkylation sites (tertiary alicyclic amines) is 1. The minimum atomic E-state index is -0.105. The lowest BCUT2D eigenvalue weighted by Crippen LogP contribution is -2.30. The third-order valence-corrected chi connectivity index (χ3v) is 3.74. The van der Waals surface area contributed by atoms with E-state index in [2.05, 4.69) is 5.32 Å². The molecule has 1 N–H and O–H groups in total. The minimum Gasteiger partial charge on any atom is -0.355 e. The average Bonchev–Trinajstić information content (AvgIpc) is 2.81. The van der Waals surface area contributed by atoms with Crippen LogP contribution in [-0.2, 0) is 4.79 Å². The van der Waals surface area contributed by atoms with E-state index in [0.717, 1.165) is 31.5 Å². The van der Waals surface area contributed by atoms with Crippen molar-refractivity contribution in [1.82, 2.24) is 10.2 Å². The normalized spacial score (nSPS) is 15.8. The van der Waals surface area contributed by atoms with Gasteiger partial charge in [-0.2, -0.15) is 0 Å². The summed E-state index contributed by atoms with van der Waals surface area (Å²) in [6.45, 7) is 1.72. The number of rotatable bonds is 3. The van der Waals surface area contributed by atoms with E-state index in [1.54, 1.807) is 31.3 Å². The van der Waals surface area contributed by atoms with Gasteiger partial charge in [-0.25, -0.2) is 0 Å². The number of amides is 2. The van der Waals surface area contributed by atoms with Crippen LogP contribution in [0.4, 0.5) is 0 Å². The van der Waals surface area contributed by atoms with E-state index in [4.69, 9.17) is 0 Å². The first-order chi connectivity index (χ1) is 10.2. The van der Waals surface area contributed by atoms with Crippen LogP contribution >= 0.6 is 0 Å². The third kappa shape index (κ3) is 4.45. The molecule has 1 heterocycles. The predicted molar refractivity (Wildman–Crippen MR) is 83.9 cm³/mol. The summed E-state index contributed by atoms with van der Waals surface area (Å²) in [6, 6.07) is 7.21. The van der Waals surface area contributed by atoms with Crippen molar-refractivity contribution in [2.45, 2.75) is 25.7 Å². The number of nitrogens with zero attached hydrogens (tertiary/aromatic N) is 1. The van der Waals surface area contributed by atoms with Crippen LogP contribution in [0, 0.1) is 0 Å². The van der Waals surface area contributed by atoms with Gasteiger partial charge >= 0.3 is 0 Å². The molecule has 1 aliphatic rings. The van der Waals surface area contributed by atoms with E-state index < -0.39 is 0 Å². The van der Waals surface area contributed by atoms with Gasteiger partial charge in [0.2, 0.25) is 5.91 Å². The van der Waals surface area contributed by atoms with Gasteiger partial charge in [-0.05, 0) is 36.6 Å². The summed E-state index contributed by atoms with van der Waals surface area (Å²) >= 11 is 0. The highest BCUT2D eigenvalue weighted by atomic mass is 16.2. The monoisotopic (exact) mass is 286 g/mol. The lowest BCUT2D eigenvalue weighted by Gasteiger charge is -2.17. The molecule has 0 unspecified atom stereocenters. The zero-order chi connectivity index (χ0) is 15.1. The van der Waals surface area contributed by atoms with Crippen LogP contribution in [-0.4, -0.2) is 36.9 Å². The molecule has 0 saturated carbocycles. The first-order valence-corrected chi connectivity index (χ1v) is 7.50. The Bertz CT molecular complexity index is 512. The van der Waals surface area contributed by atoms with Gasteiger partial charge in [0.25, 0.3) is 5.91 Å². The molecule has 2 rings (SSSR count). The Balaban J connectivity index is 1.96. The van der Waals surface area contributed by atoms with Gasteiger partial charge in [-0.1, -0.05) is 25.0 Å². The summed E-state index contributed by atoms with van der Waals surface area (Å²) < 4.78 is 0. The van der Waals surface area contributed by atoms with Crippen molar-refractivity contribution in [3.8, 4) is 0 Å². The number of nitrogens with one attached hydrogen (secondary N) is 1. The van der Waals surface area contributed by atoms with Crippen LogP contribution in [0.1, 0.15) is 41.6 Å². The highest BCUT2D eigenvalue weighted by Crippen LogP contribution is 2.11. The molecule has 0 atom stereocenters. The highest BCUT2D eigenvalue weighted by molar-refractivity contribution is 5.94. The number of hydrogen-bond acceptors (Lipinski definition) is 2. The molecule has 1 aromatic rings. The predicted octanol–water partition coefficient (Wildman–Crippen LogP) is 2.46. The topological polar surface area (TPSA) is 49.4 Å². The SMILES string of the molecule is CNC(=O)c1ccc(/C=C/C(=O)N2CCCCCC2)cc1. The fourth-order valence-electron chi connectivity index (χ4n) is 2.45. The first kappa shape index (κ1) is 15.3. The maximum atomic E-state index is 12.1. The molecule has 1 saturated heterocycles. The summed E-state index contributed by atoms with van der Waals surface area (Å²) in [4.78, 5) is 25.5. The van der Waals surface area contributed by atoms with Crippen LogP contribution in [0.5, 0.6) is 0 Å². The van der Waals surface area contributed by atoms with Crippen LogP contribution in [0.15, 0.2) is 30.3 Å². The number of carbonyl (C=O) groups excluding carboxylic acids is 2. The maximum absolute atomic E-state index is 12.1. The van der Waals surface area contributed by atoms with E-state index in [0.29, 0.717) is 5.56 Å². The van der Waals surface area contributed by atoms with E-state index >= 15 is 0 Å². The Hall–Kier alpha value is -2.10. The second kappa shape index (κ2) is 7.62. The molecular formula is C17H22N2O2. The van der Waals surface area contributed by atoms with Gasteiger partial charge in [0.05, 0.1) is 0 Å². The van der Waals surface area contributed by atoms with Crippen LogP contribution in [0.3, 0.4) is 0 Å². The molecule has 4 heteroatoms. The number of benzene rings is 1. The highest BCUT2D eigenvalue weighted by Gasteiger charge is 2.12. The van der Waals surface area contributed by atoms with Crippen LogP contribution in [0.25, 0.3) is 6.08 Å². The van der Waals surface area contributed by atoms with E-state index in [-0.39, 0.29) is 11.8 Å². The molecule has 1 fully saturated rings. The second-order valence-electron chi connectivity index (χ2n) is 5.27. The lowest BCUT2D eigenvalue weighted by molar-refractivity contribution is -0.125. The Morgan fingerprint density at radius 1 is 1.05 bits per heavy atom. The molecule has 1 aromatic carbocycles. The average molecular weight is 286 g/mol. The van der Waals surface area contributed by atoms with Crippen molar-refractivity contribution in [2.24, 2.45) is 0 Å². The first-order valence-electron chi connectivity index (χ1n) is 7.50. The summed E-state index contributed by atoms with van der Waals surface area (Å²) in [7, 11) is 1.61. The molecule has 0 aliphatic carbocycles. The van der Waals surface area contributed by atoms with Crippen LogP contribution in [0.2, 0.25) is 0 Å². The maximum Gasteiger partial charge on any atom is 0.251 e. The largest absolute Gasteiger partial charge is 0.355 e. The molecule has 0 spiro atoms. The van der Waals surface area contributed by atoms with E-state index in [1.807, 2.05) is 17.0 Å². The fourth-order valence-corrected chi connectivity index (χ4v) is 2.45. The van der Waals surface area contributed by atoms with Gasteiger partial charge in [0.15, 0.2) is 0 Å². The Kier molecular flexibility index (Phi) is 5.55. The summed E-state index contributed by atoms with van der Waals surface area (Å²) in [5.41, 5.74) is 1.54. The standard InChI is InChI=1S/C17H22N2O2/c1-18-17(21)15-9-6-14(7-10-15)8-11-16(20)19-12-4-2-3-5-13-19/h6-11H,2-5,12-13H2,1H3,(H,18,21)/b11-8+. The van der Waals surface area contributed by atoms with Crippen molar-refractivity contribution in [3.63, 3.8) is 0 Å². The molecule has 0 bridgehead atoms. The van der Waals surface area contributed by atoms with Gasteiger partial charge in [0.1, 0.15) is 0 Å². The molecular weight excluding hydrogens is 264 g/mol. The van der Waals surface area contributed by atoms with Crippen molar-refractivity contribution < 1.29 is 9.59 Å². The Morgan fingerprint density at radius 3 is 2.24 bits per heavy atom. The zero-order valence-electron chi connectivity index (χ0n) is 12.5. The summed E-state index contributed by atoms with van der Waals surface area (Å²) in [6.07, 6.45) is 8.06. The Labute approximate surface area is 125 Å². The fraction of sp³-hybridized carbons (Fsp3) is 0.412. The molecule has 1 aliphatic heterocycles. The molecule has 112 valence electrons. The van der Waals surface area contributed by atoms with Crippen molar-refractivity contribution in [1.29, 1.82) is 0 Å². The molecule has 4 nitrogen and oxygen atoms in total.